The van der Waals surface area contributed by atoms with E-state index in [1.165, 1.54) is 36.1 Å². The van der Waals surface area contributed by atoms with Crippen molar-refractivity contribution in [2.75, 3.05) is 0 Å². The SMILES string of the molecule is C[C@@H](CCc1ccccc1)NC(=O)c1ccc(S(=O)(=O)NCc2ccco2)cc1. The molecule has 29 heavy (non-hydrogen) atoms. The van der Waals surface area contributed by atoms with Crippen LogP contribution < -0.4 is 10.0 Å². The van der Waals surface area contributed by atoms with Crippen molar-refractivity contribution in [2.24, 2.45) is 0 Å². The van der Waals surface area contributed by atoms with Crippen LogP contribution >= 0.6 is 0 Å². The lowest BCUT2D eigenvalue weighted by atomic mass is 10.1. The number of hydrogen-bond donors (Lipinski definition) is 2. The van der Waals surface area contributed by atoms with E-state index in [1.807, 2.05) is 25.1 Å². The van der Waals surface area contributed by atoms with Crippen LogP contribution in [0.5, 0.6) is 0 Å². The molecule has 0 spiro atoms. The van der Waals surface area contributed by atoms with Gasteiger partial charge in [0, 0.05) is 11.6 Å². The number of furan rings is 1. The van der Waals surface area contributed by atoms with Crippen LogP contribution in [0.1, 0.15) is 35.0 Å². The highest BCUT2D eigenvalue weighted by Gasteiger charge is 2.16. The molecule has 1 amide bonds. The third-order valence-corrected chi connectivity index (χ3v) is 5.95. The molecule has 0 aliphatic heterocycles. The summed E-state index contributed by atoms with van der Waals surface area (Å²) in [5.41, 5.74) is 1.65. The molecular weight excluding hydrogens is 388 g/mol. The number of amides is 1. The Balaban J connectivity index is 1.53. The number of carbonyl (C=O) groups is 1. The Hall–Kier alpha value is -2.90. The van der Waals surface area contributed by atoms with Crippen LogP contribution in [-0.4, -0.2) is 20.4 Å². The summed E-state index contributed by atoms with van der Waals surface area (Å²) >= 11 is 0. The van der Waals surface area contributed by atoms with Gasteiger partial charge in [-0.1, -0.05) is 30.3 Å². The molecule has 0 unspecified atom stereocenters. The lowest BCUT2D eigenvalue weighted by molar-refractivity contribution is 0.0938. The minimum absolute atomic E-state index is 0.000998. The van der Waals surface area contributed by atoms with E-state index >= 15 is 0 Å². The highest BCUT2D eigenvalue weighted by Crippen LogP contribution is 2.12. The predicted octanol–water partition coefficient (Wildman–Crippen LogP) is 3.51. The minimum atomic E-state index is -3.68. The van der Waals surface area contributed by atoms with Gasteiger partial charge in [0.25, 0.3) is 5.91 Å². The average molecular weight is 413 g/mol. The zero-order valence-electron chi connectivity index (χ0n) is 16.2. The van der Waals surface area contributed by atoms with Gasteiger partial charge in [0.1, 0.15) is 5.76 Å². The summed E-state index contributed by atoms with van der Waals surface area (Å²) in [6.07, 6.45) is 3.18. The smallest absolute Gasteiger partial charge is 0.251 e. The maximum atomic E-state index is 12.4. The van der Waals surface area contributed by atoms with E-state index < -0.39 is 10.0 Å². The first-order valence-corrected chi connectivity index (χ1v) is 10.9. The van der Waals surface area contributed by atoms with Gasteiger partial charge in [-0.15, -0.1) is 0 Å². The van der Waals surface area contributed by atoms with Crippen LogP contribution in [-0.2, 0) is 23.0 Å². The van der Waals surface area contributed by atoms with Gasteiger partial charge in [-0.05, 0) is 61.7 Å². The largest absolute Gasteiger partial charge is 0.468 e. The van der Waals surface area contributed by atoms with E-state index in [2.05, 4.69) is 22.2 Å². The Morgan fingerprint density at radius 3 is 2.38 bits per heavy atom. The number of carbonyl (C=O) groups excluding carboxylic acids is 1. The second-order valence-corrected chi connectivity index (χ2v) is 8.59. The van der Waals surface area contributed by atoms with Gasteiger partial charge in [0.2, 0.25) is 10.0 Å². The van der Waals surface area contributed by atoms with E-state index in [4.69, 9.17) is 4.42 Å². The van der Waals surface area contributed by atoms with Gasteiger partial charge < -0.3 is 9.73 Å². The molecular formula is C22H24N2O4S. The zero-order valence-corrected chi connectivity index (χ0v) is 17.0. The summed E-state index contributed by atoms with van der Waals surface area (Å²) in [6, 6.07) is 19.4. The molecule has 7 heteroatoms. The number of benzene rings is 2. The molecule has 152 valence electrons. The number of nitrogens with one attached hydrogen (secondary N) is 2. The van der Waals surface area contributed by atoms with Crippen molar-refractivity contribution in [3.8, 4) is 0 Å². The van der Waals surface area contributed by atoms with E-state index in [1.54, 1.807) is 12.1 Å². The third kappa shape index (κ3) is 6.04. The van der Waals surface area contributed by atoms with E-state index in [0.717, 1.165) is 12.8 Å². The summed E-state index contributed by atoms with van der Waals surface area (Å²) in [5, 5.41) is 2.95. The third-order valence-electron chi connectivity index (χ3n) is 4.53. The fourth-order valence-corrected chi connectivity index (χ4v) is 3.85. The molecule has 0 fully saturated rings. The quantitative estimate of drug-likeness (QED) is 0.563. The van der Waals surface area contributed by atoms with Gasteiger partial charge >= 0.3 is 0 Å². The van der Waals surface area contributed by atoms with E-state index in [0.29, 0.717) is 11.3 Å². The molecule has 1 heterocycles. The number of rotatable bonds is 9. The monoisotopic (exact) mass is 412 g/mol. The highest BCUT2D eigenvalue weighted by atomic mass is 32.2. The van der Waals surface area contributed by atoms with Gasteiger partial charge in [0.15, 0.2) is 0 Å². The van der Waals surface area contributed by atoms with Crippen molar-refractivity contribution in [3.63, 3.8) is 0 Å². The summed E-state index contributed by atoms with van der Waals surface area (Å²) in [6.45, 7) is 2.02. The van der Waals surface area contributed by atoms with Gasteiger partial charge in [-0.3, -0.25) is 4.79 Å². The molecule has 2 aromatic carbocycles. The fraction of sp³-hybridized carbons (Fsp3) is 0.227. The summed E-state index contributed by atoms with van der Waals surface area (Å²) in [5.74, 6) is 0.298. The summed E-state index contributed by atoms with van der Waals surface area (Å²) in [7, 11) is -3.68. The standard InChI is InChI=1S/C22H24N2O4S/c1-17(9-10-18-6-3-2-4-7-18)24-22(25)19-11-13-21(14-12-19)29(26,27)23-16-20-8-5-15-28-20/h2-8,11-15,17,23H,9-10,16H2,1H3,(H,24,25)/t17-/m0/s1. The Morgan fingerprint density at radius 2 is 1.72 bits per heavy atom. The Bertz CT molecular complexity index is 1010. The van der Waals surface area contributed by atoms with E-state index in [9.17, 15) is 13.2 Å². The van der Waals surface area contributed by atoms with Gasteiger partial charge in [-0.2, -0.15) is 0 Å². The first-order chi connectivity index (χ1) is 13.9. The molecule has 3 aromatic rings. The normalized spacial score (nSPS) is 12.4. The Labute approximate surface area is 171 Å². The highest BCUT2D eigenvalue weighted by molar-refractivity contribution is 7.89. The zero-order chi connectivity index (χ0) is 20.7. The van der Waals surface area contributed by atoms with Crippen molar-refractivity contribution in [1.29, 1.82) is 0 Å². The molecule has 3 rings (SSSR count). The molecule has 0 aliphatic carbocycles. The van der Waals surface area contributed by atoms with Crippen molar-refractivity contribution < 1.29 is 17.6 Å². The van der Waals surface area contributed by atoms with Crippen molar-refractivity contribution >= 4 is 15.9 Å². The van der Waals surface area contributed by atoms with Crippen LogP contribution in [0.15, 0.2) is 82.3 Å². The van der Waals surface area contributed by atoms with Gasteiger partial charge in [0.05, 0.1) is 17.7 Å². The maximum Gasteiger partial charge on any atom is 0.251 e. The van der Waals surface area contributed by atoms with E-state index in [-0.39, 0.29) is 23.4 Å². The van der Waals surface area contributed by atoms with Crippen molar-refractivity contribution in [2.45, 2.75) is 37.2 Å². The second-order valence-electron chi connectivity index (χ2n) is 6.83. The average Bonchev–Trinajstić information content (AvgIpc) is 3.25. The molecule has 0 aliphatic rings. The van der Waals surface area contributed by atoms with Crippen LogP contribution in [0.2, 0.25) is 0 Å². The van der Waals surface area contributed by atoms with Crippen LogP contribution in [0, 0.1) is 0 Å². The topological polar surface area (TPSA) is 88.4 Å². The van der Waals surface area contributed by atoms with Crippen molar-refractivity contribution in [3.05, 3.63) is 89.9 Å². The Morgan fingerprint density at radius 1 is 1.00 bits per heavy atom. The van der Waals surface area contributed by atoms with Gasteiger partial charge in [-0.25, -0.2) is 13.1 Å². The number of hydrogen-bond acceptors (Lipinski definition) is 4. The first-order valence-electron chi connectivity index (χ1n) is 9.41. The molecule has 1 aromatic heterocycles. The van der Waals surface area contributed by atoms with Crippen molar-refractivity contribution in [1.82, 2.24) is 10.0 Å². The Kier molecular flexibility index (Phi) is 6.85. The molecule has 1 atom stereocenters. The maximum absolute atomic E-state index is 12.4. The molecule has 6 nitrogen and oxygen atoms in total. The van der Waals surface area contributed by atoms with Crippen LogP contribution in [0.3, 0.4) is 0 Å². The number of aryl methyl sites for hydroxylation is 1. The fourth-order valence-electron chi connectivity index (χ4n) is 2.86. The molecule has 0 saturated heterocycles. The second kappa shape index (κ2) is 9.54. The first kappa shape index (κ1) is 20.8. The summed E-state index contributed by atoms with van der Waals surface area (Å²) < 4.78 is 32.3. The lowest BCUT2D eigenvalue weighted by Crippen LogP contribution is -2.33. The van der Waals surface area contributed by atoms with Crippen LogP contribution in [0.25, 0.3) is 0 Å². The lowest BCUT2D eigenvalue weighted by Gasteiger charge is -2.14. The molecule has 2 N–H and O–H groups in total. The predicted molar refractivity (Wildman–Crippen MR) is 111 cm³/mol. The molecule has 0 radical (unpaired) electrons. The summed E-state index contributed by atoms with van der Waals surface area (Å²) in [4.78, 5) is 12.5. The van der Waals surface area contributed by atoms with Crippen LogP contribution in [0.4, 0.5) is 0 Å². The number of sulfonamides is 1. The molecule has 0 saturated carbocycles. The molecule has 0 bridgehead atoms. The minimum Gasteiger partial charge on any atom is -0.468 e.